The van der Waals surface area contributed by atoms with Crippen molar-refractivity contribution in [2.45, 2.75) is 188 Å². The molecule has 0 spiro atoms. The van der Waals surface area contributed by atoms with Crippen molar-refractivity contribution in [2.24, 2.45) is 0 Å². The zero-order valence-corrected chi connectivity index (χ0v) is 32.6. The first-order valence-electron chi connectivity index (χ1n) is 16.4. The molecule has 0 atom stereocenters. The van der Waals surface area contributed by atoms with Gasteiger partial charge in [0.1, 0.15) is 0 Å². The average Bonchev–Trinajstić information content (AvgIpc) is 2.88. The number of unbranched alkanes of at least 4 members (excludes halogenated alkanes) is 23. The van der Waals surface area contributed by atoms with E-state index in [1.165, 1.54) is 141 Å². The summed E-state index contributed by atoms with van der Waals surface area (Å²) in [5, 5.41) is 17.8. The molecule has 0 unspecified atom stereocenters. The molecule has 10 heteroatoms. The van der Waals surface area contributed by atoms with Crippen LogP contribution >= 0.6 is 0 Å². The summed E-state index contributed by atoms with van der Waals surface area (Å²) in [7, 11) is -4.92. The zero-order chi connectivity index (χ0) is 31.2. The normalized spacial score (nSPS) is 9.98. The van der Waals surface area contributed by atoms with Crippen LogP contribution in [0.5, 0.6) is 0 Å². The summed E-state index contributed by atoms with van der Waals surface area (Å²) in [6, 6.07) is 0. The molecule has 0 aromatic heterocycles. The van der Waals surface area contributed by atoms with E-state index in [9.17, 15) is 9.90 Å². The van der Waals surface area contributed by atoms with Gasteiger partial charge in [-0.3, -0.25) is 4.55 Å². The number of carboxylic acids is 1. The van der Waals surface area contributed by atoms with E-state index < -0.39 is 16.4 Å². The maximum atomic E-state index is 10.2. The van der Waals surface area contributed by atoms with Crippen molar-refractivity contribution in [3.8, 4) is 0 Å². The van der Waals surface area contributed by atoms with Crippen LogP contribution in [0.15, 0.2) is 0 Å². The topological polar surface area (TPSA) is 138 Å². The molecule has 0 amide bonds. The molecule has 0 rings (SSSR count). The van der Waals surface area contributed by atoms with E-state index in [4.69, 9.17) is 22.6 Å². The van der Waals surface area contributed by atoms with Crippen LogP contribution in [0.4, 0.5) is 0 Å². The molecule has 0 aliphatic carbocycles. The second-order valence-electron chi connectivity index (χ2n) is 10.5. The molecular formula is C32H67MgNaO7S. The first-order valence-corrected chi connectivity index (χ1v) is 17.7. The Hall–Kier alpha value is 1.07. The van der Waals surface area contributed by atoms with Crippen molar-refractivity contribution in [1.29, 1.82) is 0 Å². The molecule has 246 valence electrons. The Morgan fingerprint density at radius 2 is 0.786 bits per heavy atom. The van der Waals surface area contributed by atoms with Gasteiger partial charge >= 0.3 is 52.6 Å². The Morgan fingerprint density at radius 1 is 0.595 bits per heavy atom. The summed E-state index contributed by atoms with van der Waals surface area (Å²) >= 11 is 0. The van der Waals surface area contributed by atoms with Crippen molar-refractivity contribution in [3.63, 3.8) is 0 Å². The number of hydrogen-bond donors (Lipinski definition) is 2. The minimum Gasteiger partial charge on any atom is -0.726 e. The number of aliphatic hydroxyl groups is 1. The Kier molecular flexibility index (Phi) is 68.2. The van der Waals surface area contributed by atoms with Crippen molar-refractivity contribution >= 4 is 39.4 Å². The van der Waals surface area contributed by atoms with Crippen molar-refractivity contribution < 1.29 is 62.1 Å². The summed E-state index contributed by atoms with van der Waals surface area (Å²) in [5.74, 6) is -0.903. The van der Waals surface area contributed by atoms with Crippen LogP contribution in [0.25, 0.3) is 0 Å². The van der Waals surface area contributed by atoms with Crippen LogP contribution in [0, 0.1) is 6.92 Å². The first kappa shape index (κ1) is 55.5. The summed E-state index contributed by atoms with van der Waals surface area (Å²) in [6.07, 6.45) is 33.7. The predicted octanol–water partition coefficient (Wildman–Crippen LogP) is 5.37. The second kappa shape index (κ2) is 51.6. The first-order chi connectivity index (χ1) is 19.1. The van der Waals surface area contributed by atoms with Gasteiger partial charge in [0.2, 0.25) is 10.4 Å². The van der Waals surface area contributed by atoms with Gasteiger partial charge in [0.15, 0.2) is 0 Å². The molecule has 0 aliphatic rings. The summed E-state index contributed by atoms with van der Waals surface area (Å²) < 4.78 is 32.8. The molecule has 0 aliphatic heterocycles. The minimum absolute atomic E-state index is 0. The van der Waals surface area contributed by atoms with Crippen molar-refractivity contribution in [3.05, 3.63) is 6.92 Å². The van der Waals surface area contributed by atoms with Crippen LogP contribution in [-0.4, -0.2) is 58.3 Å². The fourth-order valence-corrected chi connectivity index (χ4v) is 4.13. The summed E-state index contributed by atoms with van der Waals surface area (Å²) in [6.45, 7) is 10.3. The Labute approximate surface area is 300 Å². The van der Waals surface area contributed by atoms with Crippen molar-refractivity contribution in [2.75, 3.05) is 6.61 Å². The van der Waals surface area contributed by atoms with Crippen molar-refractivity contribution in [1.82, 2.24) is 0 Å². The second-order valence-corrected chi connectivity index (χ2v) is 11.4. The van der Waals surface area contributed by atoms with Gasteiger partial charge in [-0.1, -0.05) is 162 Å². The monoisotopic (exact) mass is 642 g/mol. The van der Waals surface area contributed by atoms with Gasteiger partial charge < -0.3 is 26.5 Å². The van der Waals surface area contributed by atoms with Crippen LogP contribution < -0.4 is 34.7 Å². The number of carbonyl (C=O) groups is 1. The van der Waals surface area contributed by atoms with Gasteiger partial charge in [-0.25, -0.2) is 8.42 Å². The van der Waals surface area contributed by atoms with Gasteiger partial charge in [0, 0.05) is 12.6 Å². The maximum absolute atomic E-state index is 10.2. The quantitative estimate of drug-likeness (QED) is 0.0449. The molecule has 0 fully saturated rings. The van der Waals surface area contributed by atoms with Crippen LogP contribution in [0.2, 0.25) is 0 Å². The summed E-state index contributed by atoms with van der Waals surface area (Å²) in [5.41, 5.74) is 0. The summed E-state index contributed by atoms with van der Waals surface area (Å²) in [4.78, 5) is 10.2. The number of aliphatic carboxylic acids is 1. The van der Waals surface area contributed by atoms with E-state index in [1.807, 2.05) is 0 Å². The third-order valence-corrected chi connectivity index (χ3v) is 6.34. The van der Waals surface area contributed by atoms with Gasteiger partial charge in [-0.15, -0.1) is 0 Å². The predicted molar refractivity (Wildman–Crippen MR) is 173 cm³/mol. The fourth-order valence-electron chi connectivity index (χ4n) is 4.13. The molecule has 0 saturated carbocycles. The van der Waals surface area contributed by atoms with E-state index in [0.29, 0.717) is 0 Å². The van der Waals surface area contributed by atoms with E-state index in [-0.39, 0.29) is 65.6 Å². The molecule has 0 radical (unpaired) electrons. The van der Waals surface area contributed by atoms with Gasteiger partial charge in [0.05, 0.1) is 0 Å². The van der Waals surface area contributed by atoms with E-state index >= 15 is 0 Å². The zero-order valence-electron chi connectivity index (χ0n) is 28.4. The number of hydrogen-bond acceptors (Lipinski definition) is 6. The molecule has 0 saturated heterocycles. The minimum atomic E-state index is -4.92. The Balaban J connectivity index is -0.000000125. The number of carboxylic acid groups (broad SMARTS) is 1. The van der Waals surface area contributed by atoms with Gasteiger partial charge in [-0.05, 0) is 19.8 Å². The Morgan fingerprint density at radius 3 is 0.976 bits per heavy atom. The molecular weight excluding hydrogens is 576 g/mol. The average molecular weight is 643 g/mol. The van der Waals surface area contributed by atoms with E-state index in [0.717, 1.165) is 19.3 Å². The number of aliphatic hydroxyl groups excluding tert-OH is 1. The molecule has 0 aromatic rings. The van der Waals surface area contributed by atoms with Crippen LogP contribution in [0.3, 0.4) is 0 Å². The molecule has 0 heterocycles. The largest absolute Gasteiger partial charge is 2.00 e. The van der Waals surface area contributed by atoms with E-state index in [2.05, 4.69) is 20.8 Å². The van der Waals surface area contributed by atoms with Gasteiger partial charge in [-0.2, -0.15) is 6.42 Å². The number of carbonyl (C=O) groups excluding carboxylic acids is 1. The molecule has 7 nitrogen and oxygen atoms in total. The van der Waals surface area contributed by atoms with Crippen LogP contribution in [0.1, 0.15) is 188 Å². The molecule has 0 bridgehead atoms. The molecule has 42 heavy (non-hydrogen) atoms. The smallest absolute Gasteiger partial charge is 0.726 e. The third kappa shape index (κ3) is 90.0. The van der Waals surface area contributed by atoms with Crippen LogP contribution in [-0.2, 0) is 15.2 Å². The molecule has 0 aromatic carbocycles. The third-order valence-electron chi connectivity index (χ3n) is 6.34. The van der Waals surface area contributed by atoms with E-state index in [1.54, 1.807) is 6.92 Å². The Bertz CT molecular complexity index is 535. The molecule has 2 N–H and O–H groups in total. The van der Waals surface area contributed by atoms with Gasteiger partial charge in [0.25, 0.3) is 0 Å². The SMILES string of the molecule is CCCCCCCCCCCCCCCCCC(=O)[O-].CCO.O=S(=O)([O-])O.[CH2-]CCCCCCCCCCC.[Mg+2].[Na+]. The maximum Gasteiger partial charge on any atom is 2.00 e. The fraction of sp³-hybridized carbons (Fsp3) is 0.938. The number of rotatable bonds is 25. The standard InChI is InChI=1S/C18H36O2.C12H25.C2H6O.Mg.Na.H2O4S/c1-2-3-4-5-6-7-8-9-10-11-12-13-14-15-16-17-18(19)20;1-3-5-7-9-11-12-10-8-6-4-2;1-2-3;;;1-5(2,3)4/h2-17H2,1H3,(H,19,20);1,3-12H2,2H3;3H,2H2,1H3;;;(H2,1,2,3,4)/q;-1;;+2;+1;/p-2.